The van der Waals surface area contributed by atoms with Gasteiger partial charge in [0, 0.05) is 5.39 Å². The van der Waals surface area contributed by atoms with E-state index in [2.05, 4.69) is 4.98 Å². The molecule has 5 heteroatoms. The molecular formula is C21H18N2O3. The Kier molecular flexibility index (Phi) is 4.01. The van der Waals surface area contributed by atoms with E-state index in [0.717, 1.165) is 4.90 Å². The highest BCUT2D eigenvalue weighted by molar-refractivity contribution is 6.26. The number of fused-ring (bicyclic) bond motifs is 3. The molecule has 3 aromatic rings. The van der Waals surface area contributed by atoms with Crippen molar-refractivity contribution >= 4 is 22.7 Å². The molecular weight excluding hydrogens is 328 g/mol. The summed E-state index contributed by atoms with van der Waals surface area (Å²) in [6, 6.07) is 16.4. The molecule has 0 fully saturated rings. The highest BCUT2D eigenvalue weighted by atomic mass is 16.3. The average molecular weight is 346 g/mol. The molecule has 1 aliphatic heterocycles. The maximum absolute atomic E-state index is 13.0. The lowest BCUT2D eigenvalue weighted by Crippen LogP contribution is -2.34. The Morgan fingerprint density at radius 2 is 1.62 bits per heavy atom. The van der Waals surface area contributed by atoms with E-state index in [1.54, 1.807) is 12.1 Å². The minimum Gasteiger partial charge on any atom is -0.387 e. The van der Waals surface area contributed by atoms with Crippen LogP contribution in [0, 0.1) is 0 Å². The summed E-state index contributed by atoms with van der Waals surface area (Å²) in [6.45, 7) is 1.84. The highest BCUT2D eigenvalue weighted by Crippen LogP contribution is 2.32. The predicted molar refractivity (Wildman–Crippen MR) is 97.9 cm³/mol. The fraction of sp³-hybridized carbons (Fsp3) is 0.190. The number of nitrogens with zero attached hydrogens (tertiary/aromatic N) is 2. The second-order valence-electron chi connectivity index (χ2n) is 6.33. The van der Waals surface area contributed by atoms with Gasteiger partial charge in [-0.2, -0.15) is 0 Å². The number of benzene rings is 2. The molecule has 0 aliphatic carbocycles. The number of carbonyl (C=O) groups excluding carboxylic acids is 2. The van der Waals surface area contributed by atoms with E-state index >= 15 is 0 Å². The molecule has 130 valence electrons. The van der Waals surface area contributed by atoms with Crippen molar-refractivity contribution in [3.8, 4) is 0 Å². The summed E-state index contributed by atoms with van der Waals surface area (Å²) < 4.78 is 0. The number of hydrogen-bond donors (Lipinski definition) is 1. The monoisotopic (exact) mass is 346 g/mol. The SMILES string of the molecule is CCc1nc2ccccc2c2c1C(=O)N(CC(O)c1ccccc1)C2=O. The van der Waals surface area contributed by atoms with Crippen LogP contribution in [-0.4, -0.2) is 33.3 Å². The van der Waals surface area contributed by atoms with Crippen LogP contribution in [0.4, 0.5) is 0 Å². The van der Waals surface area contributed by atoms with E-state index < -0.39 is 6.10 Å². The van der Waals surface area contributed by atoms with Crippen LogP contribution in [0.15, 0.2) is 54.6 Å². The third kappa shape index (κ3) is 2.48. The van der Waals surface area contributed by atoms with Crippen LogP contribution in [0.3, 0.4) is 0 Å². The van der Waals surface area contributed by atoms with Gasteiger partial charge in [-0.05, 0) is 18.1 Å². The molecule has 1 aliphatic rings. The largest absolute Gasteiger partial charge is 0.387 e. The molecule has 0 saturated carbocycles. The van der Waals surface area contributed by atoms with Gasteiger partial charge < -0.3 is 5.11 Å². The Morgan fingerprint density at radius 3 is 2.35 bits per heavy atom. The lowest BCUT2D eigenvalue weighted by Gasteiger charge is -2.18. The quantitative estimate of drug-likeness (QED) is 0.737. The van der Waals surface area contributed by atoms with Crippen molar-refractivity contribution in [2.75, 3.05) is 6.54 Å². The Morgan fingerprint density at radius 1 is 0.962 bits per heavy atom. The zero-order valence-corrected chi connectivity index (χ0v) is 14.3. The molecule has 5 nitrogen and oxygen atoms in total. The van der Waals surface area contributed by atoms with Crippen molar-refractivity contribution < 1.29 is 14.7 Å². The number of para-hydroxylation sites is 1. The van der Waals surface area contributed by atoms with E-state index in [9.17, 15) is 14.7 Å². The second kappa shape index (κ2) is 6.35. The van der Waals surface area contributed by atoms with Crippen molar-refractivity contribution in [3.63, 3.8) is 0 Å². The smallest absolute Gasteiger partial charge is 0.263 e. The lowest BCUT2D eigenvalue weighted by atomic mass is 10.0. The summed E-state index contributed by atoms with van der Waals surface area (Å²) in [5.41, 5.74) is 2.76. The number of amides is 2. The maximum atomic E-state index is 13.0. The van der Waals surface area contributed by atoms with Crippen LogP contribution in [0.5, 0.6) is 0 Å². The van der Waals surface area contributed by atoms with Gasteiger partial charge in [-0.3, -0.25) is 19.5 Å². The summed E-state index contributed by atoms with van der Waals surface area (Å²) in [6.07, 6.45) is -0.371. The molecule has 1 N–H and O–H groups in total. The normalized spacial score (nSPS) is 14.8. The van der Waals surface area contributed by atoms with Gasteiger partial charge in [0.25, 0.3) is 11.8 Å². The number of carbonyl (C=O) groups is 2. The summed E-state index contributed by atoms with van der Waals surface area (Å²) in [5.74, 6) is -0.747. The first kappa shape index (κ1) is 16.4. The molecule has 26 heavy (non-hydrogen) atoms. The van der Waals surface area contributed by atoms with Gasteiger partial charge >= 0.3 is 0 Å². The minimum absolute atomic E-state index is 0.0756. The Labute approximate surface area is 150 Å². The van der Waals surface area contributed by atoms with Crippen molar-refractivity contribution in [1.82, 2.24) is 9.88 Å². The van der Waals surface area contributed by atoms with Crippen molar-refractivity contribution in [3.05, 3.63) is 77.0 Å². The molecule has 2 aromatic carbocycles. The average Bonchev–Trinajstić information content (AvgIpc) is 2.93. The van der Waals surface area contributed by atoms with Crippen LogP contribution in [-0.2, 0) is 6.42 Å². The van der Waals surface area contributed by atoms with Gasteiger partial charge in [-0.1, -0.05) is 55.5 Å². The number of rotatable bonds is 4. The fourth-order valence-electron chi connectivity index (χ4n) is 3.45. The van der Waals surface area contributed by atoms with Crippen LogP contribution in [0.25, 0.3) is 10.9 Å². The number of imide groups is 1. The first-order valence-corrected chi connectivity index (χ1v) is 8.62. The fourth-order valence-corrected chi connectivity index (χ4v) is 3.45. The van der Waals surface area contributed by atoms with Crippen molar-refractivity contribution in [1.29, 1.82) is 0 Å². The van der Waals surface area contributed by atoms with Gasteiger partial charge in [0.1, 0.15) is 0 Å². The molecule has 0 spiro atoms. The first-order chi connectivity index (χ1) is 12.6. The number of aliphatic hydroxyl groups is 1. The number of pyridine rings is 1. The van der Waals surface area contributed by atoms with Gasteiger partial charge in [0.15, 0.2) is 0 Å². The topological polar surface area (TPSA) is 70.5 Å². The lowest BCUT2D eigenvalue weighted by molar-refractivity contribution is 0.0543. The van der Waals surface area contributed by atoms with Gasteiger partial charge in [0.2, 0.25) is 0 Å². The molecule has 0 radical (unpaired) electrons. The summed E-state index contributed by atoms with van der Waals surface area (Å²) in [4.78, 5) is 31.7. The minimum atomic E-state index is -0.928. The van der Waals surface area contributed by atoms with Crippen LogP contribution < -0.4 is 0 Å². The predicted octanol–water partition coefficient (Wildman–Crippen LogP) is 3.13. The molecule has 1 aromatic heterocycles. The van der Waals surface area contributed by atoms with E-state index in [1.165, 1.54) is 0 Å². The third-order valence-corrected chi connectivity index (χ3v) is 4.76. The number of aromatic nitrogens is 1. The van der Waals surface area contributed by atoms with Crippen LogP contribution in [0.2, 0.25) is 0 Å². The van der Waals surface area contributed by atoms with Crippen molar-refractivity contribution in [2.24, 2.45) is 0 Å². The summed E-state index contributed by atoms with van der Waals surface area (Å²) in [7, 11) is 0. The second-order valence-corrected chi connectivity index (χ2v) is 6.33. The third-order valence-electron chi connectivity index (χ3n) is 4.76. The molecule has 4 rings (SSSR count). The van der Waals surface area contributed by atoms with Gasteiger partial charge in [-0.15, -0.1) is 0 Å². The first-order valence-electron chi connectivity index (χ1n) is 8.62. The summed E-state index contributed by atoms with van der Waals surface area (Å²) in [5, 5.41) is 11.1. The zero-order valence-electron chi connectivity index (χ0n) is 14.3. The van der Waals surface area contributed by atoms with Gasteiger partial charge in [-0.25, -0.2) is 0 Å². The number of aryl methyl sites for hydroxylation is 1. The highest BCUT2D eigenvalue weighted by Gasteiger charge is 2.40. The van der Waals surface area contributed by atoms with E-state index in [4.69, 9.17) is 0 Å². The van der Waals surface area contributed by atoms with Crippen LogP contribution in [0.1, 0.15) is 45.0 Å². The van der Waals surface area contributed by atoms with E-state index in [0.29, 0.717) is 39.7 Å². The number of β-amino-alcohol motifs (C(OH)–C–C–N with tert-alkyl or cyclic N) is 1. The van der Waals surface area contributed by atoms with E-state index in [-0.39, 0.29) is 18.4 Å². The molecule has 0 saturated heterocycles. The standard InChI is InChI=1S/C21H18N2O3/c1-2-15-19-18(14-10-6-7-11-16(14)22-15)20(25)23(21(19)26)12-17(24)13-8-4-3-5-9-13/h3-11,17,24H,2,12H2,1H3. The Hall–Kier alpha value is -3.05. The molecule has 2 amide bonds. The van der Waals surface area contributed by atoms with E-state index in [1.807, 2.05) is 49.4 Å². The molecule has 1 unspecified atom stereocenters. The number of aliphatic hydroxyl groups excluding tert-OH is 1. The summed E-state index contributed by atoms with van der Waals surface area (Å²) >= 11 is 0. The zero-order chi connectivity index (χ0) is 18.3. The molecule has 2 heterocycles. The molecule has 1 atom stereocenters. The maximum Gasteiger partial charge on any atom is 0.263 e. The Balaban J connectivity index is 1.77. The van der Waals surface area contributed by atoms with Gasteiger partial charge in [0.05, 0.1) is 35.0 Å². The number of hydrogen-bond acceptors (Lipinski definition) is 4. The Bertz CT molecular complexity index is 1010. The van der Waals surface area contributed by atoms with Crippen molar-refractivity contribution in [2.45, 2.75) is 19.4 Å². The molecule has 0 bridgehead atoms. The van der Waals surface area contributed by atoms with Crippen LogP contribution >= 0.6 is 0 Å².